The van der Waals surface area contributed by atoms with E-state index >= 15 is 0 Å². The van der Waals surface area contributed by atoms with Crippen LogP contribution in [0.1, 0.15) is 43.6 Å². The number of halogens is 1. The van der Waals surface area contributed by atoms with Crippen LogP contribution in [0.3, 0.4) is 0 Å². The minimum atomic E-state index is -0.247. The first-order valence-electron chi connectivity index (χ1n) is 8.75. The molecule has 4 rings (SSSR count). The molecule has 3 aromatic carbocycles. The van der Waals surface area contributed by atoms with E-state index in [4.69, 9.17) is 0 Å². The molecule has 0 saturated heterocycles. The zero-order valence-electron chi connectivity index (χ0n) is 13.6. The molecule has 24 heavy (non-hydrogen) atoms. The Balaban J connectivity index is 1.91. The van der Waals surface area contributed by atoms with E-state index in [1.807, 2.05) is 42.5 Å². The molecule has 0 heterocycles. The monoisotopic (exact) mass is 320 g/mol. The zero-order chi connectivity index (χ0) is 16.5. The van der Waals surface area contributed by atoms with E-state index in [2.05, 4.69) is 0 Å². The fourth-order valence-corrected chi connectivity index (χ4v) is 4.04. The first-order valence-corrected chi connectivity index (χ1v) is 8.75. The summed E-state index contributed by atoms with van der Waals surface area (Å²) >= 11 is 0. The topological polar surface area (TPSA) is 20.2 Å². The molecule has 0 bridgehead atoms. The SMILES string of the molecule is Oc1c(-c2c(F)cccc2C2CCCCC2)ccc2ccccc12. The molecule has 1 aliphatic rings. The molecule has 1 fully saturated rings. The van der Waals surface area contributed by atoms with Crippen LogP contribution < -0.4 is 0 Å². The Labute approximate surface area is 141 Å². The number of hydrogen-bond acceptors (Lipinski definition) is 1. The molecule has 0 amide bonds. The molecule has 1 aliphatic carbocycles. The van der Waals surface area contributed by atoms with Crippen molar-refractivity contribution in [3.63, 3.8) is 0 Å². The number of fused-ring (bicyclic) bond motifs is 1. The van der Waals surface area contributed by atoms with Gasteiger partial charge in [-0.3, -0.25) is 0 Å². The number of rotatable bonds is 2. The minimum absolute atomic E-state index is 0.176. The Hall–Kier alpha value is -2.35. The van der Waals surface area contributed by atoms with Crippen molar-refractivity contribution in [1.82, 2.24) is 0 Å². The van der Waals surface area contributed by atoms with Crippen LogP contribution in [0.25, 0.3) is 21.9 Å². The standard InChI is InChI=1S/C22H21FO/c23-20-12-6-11-17(15-7-2-1-3-8-15)21(20)19-14-13-16-9-4-5-10-18(16)22(19)24/h4-6,9-15,24H,1-3,7-8H2. The molecule has 1 saturated carbocycles. The molecule has 2 heteroatoms. The van der Waals surface area contributed by atoms with Crippen LogP contribution in [0.2, 0.25) is 0 Å². The number of hydrogen-bond donors (Lipinski definition) is 1. The number of aromatic hydroxyl groups is 1. The molecular formula is C22H21FO. The number of benzene rings is 3. The first kappa shape index (κ1) is 15.2. The zero-order valence-corrected chi connectivity index (χ0v) is 13.6. The van der Waals surface area contributed by atoms with E-state index in [1.54, 1.807) is 6.07 Å². The lowest BCUT2D eigenvalue weighted by Crippen LogP contribution is -2.07. The van der Waals surface area contributed by atoms with Crippen LogP contribution >= 0.6 is 0 Å². The van der Waals surface area contributed by atoms with Gasteiger partial charge in [0.15, 0.2) is 0 Å². The third-order valence-corrected chi connectivity index (χ3v) is 5.26. The van der Waals surface area contributed by atoms with E-state index in [0.29, 0.717) is 17.0 Å². The summed E-state index contributed by atoms with van der Waals surface area (Å²) < 4.78 is 14.8. The van der Waals surface area contributed by atoms with Gasteiger partial charge in [0, 0.05) is 16.5 Å². The van der Waals surface area contributed by atoms with Gasteiger partial charge in [0.25, 0.3) is 0 Å². The molecule has 1 N–H and O–H groups in total. The molecule has 0 aliphatic heterocycles. The van der Waals surface area contributed by atoms with Crippen LogP contribution in [0.15, 0.2) is 54.6 Å². The summed E-state index contributed by atoms with van der Waals surface area (Å²) in [5.74, 6) is 0.314. The summed E-state index contributed by atoms with van der Waals surface area (Å²) in [6.45, 7) is 0. The highest BCUT2D eigenvalue weighted by molar-refractivity contribution is 5.95. The number of phenols is 1. The lowest BCUT2D eigenvalue weighted by atomic mass is 9.80. The first-order chi connectivity index (χ1) is 11.8. The predicted molar refractivity (Wildman–Crippen MR) is 96.8 cm³/mol. The molecule has 0 spiro atoms. The van der Waals surface area contributed by atoms with E-state index in [1.165, 1.54) is 25.3 Å². The Morgan fingerprint density at radius 1 is 0.833 bits per heavy atom. The fraction of sp³-hybridized carbons (Fsp3) is 0.273. The van der Waals surface area contributed by atoms with Crippen molar-refractivity contribution in [1.29, 1.82) is 0 Å². The molecular weight excluding hydrogens is 299 g/mol. The van der Waals surface area contributed by atoms with Gasteiger partial charge in [-0.15, -0.1) is 0 Å². The summed E-state index contributed by atoms with van der Waals surface area (Å²) in [6, 6.07) is 16.8. The lowest BCUT2D eigenvalue weighted by molar-refractivity contribution is 0.442. The minimum Gasteiger partial charge on any atom is -0.507 e. The van der Waals surface area contributed by atoms with Gasteiger partial charge in [0.1, 0.15) is 11.6 Å². The van der Waals surface area contributed by atoms with Gasteiger partial charge in [0.2, 0.25) is 0 Å². The summed E-state index contributed by atoms with van der Waals surface area (Å²) in [5.41, 5.74) is 2.22. The predicted octanol–water partition coefficient (Wildman–Crippen LogP) is 6.40. The molecule has 0 unspecified atom stereocenters. The van der Waals surface area contributed by atoms with Crippen molar-refractivity contribution in [3.05, 3.63) is 66.0 Å². The van der Waals surface area contributed by atoms with Gasteiger partial charge in [0.05, 0.1) is 0 Å². The average molecular weight is 320 g/mol. The van der Waals surface area contributed by atoms with Gasteiger partial charge in [-0.1, -0.05) is 61.7 Å². The Morgan fingerprint density at radius 2 is 1.62 bits per heavy atom. The van der Waals surface area contributed by atoms with Gasteiger partial charge in [-0.2, -0.15) is 0 Å². The normalized spacial score (nSPS) is 15.7. The highest BCUT2D eigenvalue weighted by Crippen LogP contribution is 2.43. The van der Waals surface area contributed by atoms with Crippen molar-refractivity contribution in [2.45, 2.75) is 38.0 Å². The maximum atomic E-state index is 14.8. The van der Waals surface area contributed by atoms with Crippen LogP contribution in [0.4, 0.5) is 4.39 Å². The van der Waals surface area contributed by atoms with E-state index in [-0.39, 0.29) is 11.6 Å². The van der Waals surface area contributed by atoms with Crippen LogP contribution in [-0.2, 0) is 0 Å². The van der Waals surface area contributed by atoms with E-state index in [0.717, 1.165) is 29.2 Å². The summed E-state index contributed by atoms with van der Waals surface area (Å²) in [4.78, 5) is 0. The van der Waals surface area contributed by atoms with E-state index < -0.39 is 0 Å². The van der Waals surface area contributed by atoms with Crippen molar-refractivity contribution >= 4 is 10.8 Å². The maximum Gasteiger partial charge on any atom is 0.131 e. The van der Waals surface area contributed by atoms with Crippen molar-refractivity contribution in [2.75, 3.05) is 0 Å². The second-order valence-electron chi connectivity index (χ2n) is 6.72. The van der Waals surface area contributed by atoms with Gasteiger partial charge < -0.3 is 5.11 Å². The summed E-state index contributed by atoms with van der Waals surface area (Å²) in [6.07, 6.45) is 5.87. The summed E-state index contributed by atoms with van der Waals surface area (Å²) in [5, 5.41) is 12.5. The molecule has 1 nitrogen and oxygen atoms in total. The Bertz CT molecular complexity index is 878. The van der Waals surface area contributed by atoms with Crippen molar-refractivity contribution in [2.24, 2.45) is 0 Å². The quantitative estimate of drug-likeness (QED) is 0.579. The molecule has 0 aromatic heterocycles. The van der Waals surface area contributed by atoms with Gasteiger partial charge >= 0.3 is 0 Å². The van der Waals surface area contributed by atoms with Crippen LogP contribution in [0, 0.1) is 5.82 Å². The summed E-state index contributed by atoms with van der Waals surface area (Å²) in [7, 11) is 0. The van der Waals surface area contributed by atoms with Crippen LogP contribution in [-0.4, -0.2) is 5.11 Å². The largest absolute Gasteiger partial charge is 0.507 e. The Kier molecular flexibility index (Phi) is 3.97. The van der Waals surface area contributed by atoms with Crippen molar-refractivity contribution in [3.8, 4) is 16.9 Å². The number of phenolic OH excluding ortho intramolecular Hbond substituents is 1. The van der Waals surface area contributed by atoms with Gasteiger partial charge in [-0.05, 0) is 41.8 Å². The lowest BCUT2D eigenvalue weighted by Gasteiger charge is -2.25. The second-order valence-corrected chi connectivity index (χ2v) is 6.72. The second kappa shape index (κ2) is 6.27. The Morgan fingerprint density at radius 3 is 2.46 bits per heavy atom. The molecule has 0 radical (unpaired) electrons. The third kappa shape index (κ3) is 2.56. The highest BCUT2D eigenvalue weighted by Gasteiger charge is 2.23. The fourth-order valence-electron chi connectivity index (χ4n) is 4.04. The molecule has 3 aromatic rings. The maximum absolute atomic E-state index is 14.8. The molecule has 0 atom stereocenters. The van der Waals surface area contributed by atoms with Crippen LogP contribution in [0.5, 0.6) is 5.75 Å². The third-order valence-electron chi connectivity index (χ3n) is 5.26. The highest BCUT2D eigenvalue weighted by atomic mass is 19.1. The smallest absolute Gasteiger partial charge is 0.131 e. The van der Waals surface area contributed by atoms with Crippen molar-refractivity contribution < 1.29 is 9.50 Å². The van der Waals surface area contributed by atoms with Gasteiger partial charge in [-0.25, -0.2) is 4.39 Å². The molecule has 122 valence electrons. The average Bonchev–Trinajstić information content (AvgIpc) is 2.63. The van der Waals surface area contributed by atoms with E-state index in [9.17, 15) is 9.50 Å².